The lowest BCUT2D eigenvalue weighted by Crippen LogP contribution is -2.16. The van der Waals surface area contributed by atoms with Crippen LogP contribution < -0.4 is 14.2 Å². The van der Waals surface area contributed by atoms with Crippen molar-refractivity contribution in [2.24, 2.45) is 0 Å². The Morgan fingerprint density at radius 3 is 2.16 bits per heavy atom. The Kier molecular flexibility index (Phi) is 5.22. The topological polar surface area (TPSA) is 102 Å². The predicted octanol–water partition coefficient (Wildman–Crippen LogP) is 2.82. The van der Waals surface area contributed by atoms with Gasteiger partial charge < -0.3 is 14.6 Å². The molecule has 0 unspecified atom stereocenters. The Morgan fingerprint density at radius 2 is 1.60 bits per heavy atom. The lowest BCUT2D eigenvalue weighted by molar-refractivity contribution is 0.0696. The first-order valence-electron chi connectivity index (χ1n) is 7.29. The summed E-state index contributed by atoms with van der Waals surface area (Å²) in [5.74, 6) is -0.340. The van der Waals surface area contributed by atoms with Crippen LogP contribution in [0, 0.1) is 13.8 Å². The van der Waals surface area contributed by atoms with Gasteiger partial charge in [0.1, 0.15) is 0 Å². The molecule has 2 N–H and O–H groups in total. The number of methoxy groups -OCH3 is 2. The summed E-state index contributed by atoms with van der Waals surface area (Å²) in [6.45, 7) is 3.32. The summed E-state index contributed by atoms with van der Waals surface area (Å²) in [6.07, 6.45) is 0. The van der Waals surface area contributed by atoms with Crippen LogP contribution in [0.4, 0.5) is 5.69 Å². The highest BCUT2D eigenvalue weighted by molar-refractivity contribution is 7.92. The molecule has 134 valence electrons. The number of rotatable bonds is 6. The minimum absolute atomic E-state index is 0.0958. The van der Waals surface area contributed by atoms with E-state index < -0.39 is 16.0 Å². The zero-order chi connectivity index (χ0) is 18.8. The maximum Gasteiger partial charge on any atom is 0.335 e. The Balaban J connectivity index is 2.50. The van der Waals surface area contributed by atoms with Gasteiger partial charge in [0.05, 0.1) is 30.4 Å². The molecular formula is C17H19NO6S. The van der Waals surface area contributed by atoms with Crippen LogP contribution in [0.2, 0.25) is 0 Å². The average molecular weight is 365 g/mol. The molecule has 0 amide bonds. The normalized spacial score (nSPS) is 11.0. The van der Waals surface area contributed by atoms with Crippen LogP contribution in [0.5, 0.6) is 11.5 Å². The lowest BCUT2D eigenvalue weighted by Gasteiger charge is -2.15. The number of carboxylic acid groups (broad SMARTS) is 1. The fraction of sp³-hybridized carbons (Fsp3) is 0.235. The highest BCUT2D eigenvalue weighted by Gasteiger charge is 2.21. The van der Waals surface area contributed by atoms with Crippen LogP contribution in [-0.4, -0.2) is 33.7 Å². The fourth-order valence-corrected chi connectivity index (χ4v) is 3.71. The van der Waals surface area contributed by atoms with Gasteiger partial charge in [0.25, 0.3) is 10.0 Å². The number of hydrogen-bond donors (Lipinski definition) is 2. The molecule has 0 atom stereocenters. The number of aromatic carboxylic acids is 1. The monoisotopic (exact) mass is 365 g/mol. The van der Waals surface area contributed by atoms with Crippen molar-refractivity contribution in [1.29, 1.82) is 0 Å². The molecular weight excluding hydrogens is 346 g/mol. The van der Waals surface area contributed by atoms with Crippen LogP contribution in [0.1, 0.15) is 21.5 Å². The van der Waals surface area contributed by atoms with E-state index in [-0.39, 0.29) is 10.5 Å². The third-order valence-electron chi connectivity index (χ3n) is 3.70. The van der Waals surface area contributed by atoms with Crippen molar-refractivity contribution in [2.75, 3.05) is 18.9 Å². The number of carboxylic acids is 1. The van der Waals surface area contributed by atoms with Gasteiger partial charge in [-0.15, -0.1) is 0 Å². The van der Waals surface area contributed by atoms with E-state index in [9.17, 15) is 13.2 Å². The van der Waals surface area contributed by atoms with E-state index in [1.807, 2.05) is 0 Å². The van der Waals surface area contributed by atoms with Gasteiger partial charge in [0.2, 0.25) is 0 Å². The number of carbonyl (C=O) groups is 1. The van der Waals surface area contributed by atoms with Crippen LogP contribution in [0.25, 0.3) is 0 Å². The smallest absolute Gasteiger partial charge is 0.335 e. The van der Waals surface area contributed by atoms with E-state index in [1.165, 1.54) is 32.4 Å². The van der Waals surface area contributed by atoms with Gasteiger partial charge in [-0.3, -0.25) is 4.72 Å². The number of nitrogens with one attached hydrogen (secondary N) is 1. The fourth-order valence-electron chi connectivity index (χ4n) is 2.31. The second kappa shape index (κ2) is 7.02. The Bertz CT molecular complexity index is 921. The molecule has 8 heteroatoms. The highest BCUT2D eigenvalue weighted by atomic mass is 32.2. The van der Waals surface area contributed by atoms with Gasteiger partial charge in [-0.05, 0) is 43.2 Å². The Hall–Kier alpha value is -2.74. The number of ether oxygens (including phenoxy) is 2. The van der Waals surface area contributed by atoms with Crippen LogP contribution >= 0.6 is 0 Å². The van der Waals surface area contributed by atoms with E-state index in [0.29, 0.717) is 28.3 Å². The molecule has 0 aliphatic heterocycles. The molecule has 25 heavy (non-hydrogen) atoms. The number of hydrogen-bond acceptors (Lipinski definition) is 5. The van der Waals surface area contributed by atoms with Crippen LogP contribution in [0.3, 0.4) is 0 Å². The molecule has 0 bridgehead atoms. The zero-order valence-electron chi connectivity index (χ0n) is 14.3. The first-order valence-corrected chi connectivity index (χ1v) is 8.77. The molecule has 0 aliphatic carbocycles. The predicted molar refractivity (Wildman–Crippen MR) is 93.2 cm³/mol. The van der Waals surface area contributed by atoms with Crippen LogP contribution in [0.15, 0.2) is 35.2 Å². The number of benzene rings is 2. The minimum atomic E-state index is -3.98. The number of anilines is 1. The van der Waals surface area contributed by atoms with E-state index >= 15 is 0 Å². The second-order valence-corrected chi connectivity index (χ2v) is 7.06. The molecule has 0 saturated heterocycles. The van der Waals surface area contributed by atoms with Crippen molar-refractivity contribution in [3.63, 3.8) is 0 Å². The molecule has 2 rings (SSSR count). The molecule has 2 aromatic rings. The Labute approximate surface area is 146 Å². The SMILES string of the molecule is COc1cc(C)c(NS(=O)(=O)c2cc(C(=O)O)ccc2C)cc1OC. The van der Waals surface area contributed by atoms with E-state index in [4.69, 9.17) is 14.6 Å². The maximum atomic E-state index is 12.7. The van der Waals surface area contributed by atoms with Gasteiger partial charge >= 0.3 is 5.97 Å². The third kappa shape index (κ3) is 3.85. The first kappa shape index (κ1) is 18.6. The standard InChI is InChI=1S/C17H19NO6S/c1-10-5-6-12(17(19)20)8-16(10)25(21,22)18-13-9-15(24-4)14(23-3)7-11(13)2/h5-9,18H,1-4H3,(H,19,20). The first-order chi connectivity index (χ1) is 11.7. The minimum Gasteiger partial charge on any atom is -0.493 e. The number of sulfonamides is 1. The van der Waals surface area contributed by atoms with Crippen molar-refractivity contribution in [3.05, 3.63) is 47.0 Å². The van der Waals surface area contributed by atoms with E-state index in [0.717, 1.165) is 6.07 Å². The van der Waals surface area contributed by atoms with Gasteiger partial charge in [0.15, 0.2) is 11.5 Å². The molecule has 0 fully saturated rings. The Morgan fingerprint density at radius 1 is 1.00 bits per heavy atom. The quantitative estimate of drug-likeness (QED) is 0.816. The summed E-state index contributed by atoms with van der Waals surface area (Å²) in [6, 6.07) is 7.12. The molecule has 7 nitrogen and oxygen atoms in total. The highest BCUT2D eigenvalue weighted by Crippen LogP contribution is 2.34. The largest absolute Gasteiger partial charge is 0.493 e. The van der Waals surface area contributed by atoms with Crippen molar-refractivity contribution in [3.8, 4) is 11.5 Å². The lowest BCUT2D eigenvalue weighted by atomic mass is 10.1. The summed E-state index contributed by atoms with van der Waals surface area (Å²) >= 11 is 0. The molecule has 2 aromatic carbocycles. The molecule has 0 aliphatic rings. The number of aryl methyl sites for hydroxylation is 2. The average Bonchev–Trinajstić information content (AvgIpc) is 2.56. The summed E-state index contributed by atoms with van der Waals surface area (Å²) in [5, 5.41) is 9.08. The van der Waals surface area contributed by atoms with Crippen molar-refractivity contribution < 1.29 is 27.8 Å². The molecule has 0 aromatic heterocycles. The van der Waals surface area contributed by atoms with Crippen LogP contribution in [-0.2, 0) is 10.0 Å². The summed E-state index contributed by atoms with van der Waals surface area (Å²) < 4.78 is 38.3. The van der Waals surface area contributed by atoms with Crippen molar-refractivity contribution in [2.45, 2.75) is 18.7 Å². The third-order valence-corrected chi connectivity index (χ3v) is 5.21. The van der Waals surface area contributed by atoms with Gasteiger partial charge in [-0.2, -0.15) is 0 Å². The van der Waals surface area contributed by atoms with Crippen molar-refractivity contribution >= 4 is 21.7 Å². The van der Waals surface area contributed by atoms with Gasteiger partial charge in [-0.1, -0.05) is 6.07 Å². The van der Waals surface area contributed by atoms with E-state index in [2.05, 4.69) is 4.72 Å². The molecule has 0 spiro atoms. The van der Waals surface area contributed by atoms with Gasteiger partial charge in [-0.25, -0.2) is 13.2 Å². The van der Waals surface area contributed by atoms with Crippen molar-refractivity contribution in [1.82, 2.24) is 0 Å². The van der Waals surface area contributed by atoms with E-state index in [1.54, 1.807) is 19.9 Å². The second-order valence-electron chi connectivity index (χ2n) is 5.41. The molecule has 0 saturated carbocycles. The molecule has 0 heterocycles. The summed E-state index contributed by atoms with van der Waals surface area (Å²) in [5.41, 5.74) is 1.29. The van der Waals surface area contributed by atoms with Gasteiger partial charge in [0, 0.05) is 6.07 Å². The maximum absolute atomic E-state index is 12.7. The summed E-state index contributed by atoms with van der Waals surface area (Å²) in [7, 11) is -1.04. The molecule has 0 radical (unpaired) electrons. The summed E-state index contributed by atoms with van der Waals surface area (Å²) in [4.78, 5) is 11.0. The zero-order valence-corrected chi connectivity index (χ0v) is 15.1.